The molecule has 2 nitrogen and oxygen atoms in total. The van der Waals surface area contributed by atoms with Gasteiger partial charge in [0.2, 0.25) is 0 Å². The van der Waals surface area contributed by atoms with E-state index < -0.39 is 0 Å². The van der Waals surface area contributed by atoms with Crippen LogP contribution in [0.4, 0.5) is 4.39 Å². The van der Waals surface area contributed by atoms with Crippen molar-refractivity contribution < 1.29 is 9.18 Å². The first-order valence-corrected chi connectivity index (χ1v) is 6.13. The molecule has 0 bridgehead atoms. The van der Waals surface area contributed by atoms with Crippen LogP contribution in [-0.4, -0.2) is 5.91 Å². The minimum absolute atomic E-state index is 0.168. The number of amides is 1. The minimum Gasteiger partial charge on any atom is -0.347 e. The summed E-state index contributed by atoms with van der Waals surface area (Å²) in [7, 11) is 0. The Morgan fingerprint density at radius 2 is 2.06 bits per heavy atom. The summed E-state index contributed by atoms with van der Waals surface area (Å²) < 4.78 is 13.8. The van der Waals surface area contributed by atoms with Crippen molar-refractivity contribution in [1.29, 1.82) is 0 Å². The average molecular weight is 270 g/mol. The monoisotopic (exact) mass is 269 g/mol. The zero-order valence-corrected chi connectivity index (χ0v) is 10.3. The van der Waals surface area contributed by atoms with Gasteiger partial charge in [-0.1, -0.05) is 29.8 Å². The van der Waals surface area contributed by atoms with Crippen LogP contribution in [-0.2, 0) is 6.54 Å². The number of rotatable bonds is 3. The summed E-state index contributed by atoms with van der Waals surface area (Å²) in [5.41, 5.74) is 0.462. The van der Waals surface area contributed by atoms with Crippen molar-refractivity contribution in [3.63, 3.8) is 0 Å². The van der Waals surface area contributed by atoms with E-state index in [2.05, 4.69) is 5.32 Å². The fraction of sp³-hybridized carbons (Fsp3) is 0.0833. The second kappa shape index (κ2) is 5.29. The molecule has 1 N–H and O–H groups in total. The van der Waals surface area contributed by atoms with Gasteiger partial charge < -0.3 is 5.32 Å². The van der Waals surface area contributed by atoms with Gasteiger partial charge in [-0.3, -0.25) is 4.79 Å². The van der Waals surface area contributed by atoms with Crippen molar-refractivity contribution in [2.24, 2.45) is 0 Å². The molecule has 0 saturated carbocycles. The molecule has 0 radical (unpaired) electrons. The third-order valence-corrected chi connectivity index (χ3v) is 3.42. The number of carbonyl (C=O) groups is 1. The molecule has 0 saturated heterocycles. The van der Waals surface area contributed by atoms with Gasteiger partial charge in [-0.05, 0) is 18.2 Å². The van der Waals surface area contributed by atoms with E-state index in [1.165, 1.54) is 17.4 Å². The summed E-state index contributed by atoms with van der Waals surface area (Å²) in [4.78, 5) is 12.2. The summed E-state index contributed by atoms with van der Waals surface area (Å²) in [6.45, 7) is 0.168. The van der Waals surface area contributed by atoms with Crippen LogP contribution in [0.15, 0.2) is 36.4 Å². The number of hydrogen-bond acceptors (Lipinski definition) is 2. The van der Waals surface area contributed by atoms with Crippen LogP contribution in [0.1, 0.15) is 15.2 Å². The fourth-order valence-electron chi connectivity index (χ4n) is 1.34. The summed E-state index contributed by atoms with van der Waals surface area (Å²) in [5, 5.41) is 2.64. The van der Waals surface area contributed by atoms with Crippen LogP contribution in [0.2, 0.25) is 4.34 Å². The summed E-state index contributed by atoms with van der Waals surface area (Å²) in [6.07, 6.45) is 0. The first-order valence-electron chi connectivity index (χ1n) is 4.94. The maximum absolute atomic E-state index is 13.3. The van der Waals surface area contributed by atoms with E-state index in [1.807, 2.05) is 0 Å². The van der Waals surface area contributed by atoms with Crippen LogP contribution in [0.25, 0.3) is 0 Å². The Labute approximate surface area is 107 Å². The summed E-state index contributed by atoms with van der Waals surface area (Å²) >= 11 is 6.92. The normalized spacial score (nSPS) is 10.2. The summed E-state index contributed by atoms with van der Waals surface area (Å²) in [6, 6.07) is 9.64. The van der Waals surface area contributed by atoms with Crippen LogP contribution < -0.4 is 5.32 Å². The van der Waals surface area contributed by atoms with Crippen molar-refractivity contribution in [1.82, 2.24) is 5.32 Å². The first kappa shape index (κ1) is 12.1. The third-order valence-electron chi connectivity index (χ3n) is 2.19. The van der Waals surface area contributed by atoms with Crippen molar-refractivity contribution in [2.75, 3.05) is 0 Å². The topological polar surface area (TPSA) is 29.1 Å². The van der Waals surface area contributed by atoms with E-state index in [0.717, 1.165) is 0 Å². The maximum Gasteiger partial charge on any atom is 0.261 e. The van der Waals surface area contributed by atoms with Gasteiger partial charge >= 0.3 is 0 Å². The van der Waals surface area contributed by atoms with E-state index in [4.69, 9.17) is 11.6 Å². The molecule has 0 aliphatic carbocycles. The number of halogens is 2. The Kier molecular flexibility index (Phi) is 3.76. The minimum atomic E-state index is -0.322. The molecule has 1 aromatic carbocycles. The molecule has 0 spiro atoms. The highest BCUT2D eigenvalue weighted by molar-refractivity contribution is 7.17. The fourth-order valence-corrected chi connectivity index (χ4v) is 2.30. The highest BCUT2D eigenvalue weighted by atomic mass is 35.5. The lowest BCUT2D eigenvalue weighted by Gasteiger charge is -2.04. The molecule has 1 amide bonds. The lowest BCUT2D eigenvalue weighted by atomic mass is 10.2. The Morgan fingerprint density at radius 1 is 1.29 bits per heavy atom. The Morgan fingerprint density at radius 3 is 2.71 bits per heavy atom. The number of nitrogens with one attached hydrogen (secondary N) is 1. The molecule has 17 heavy (non-hydrogen) atoms. The van der Waals surface area contributed by atoms with Gasteiger partial charge in [-0.15, -0.1) is 11.3 Å². The van der Waals surface area contributed by atoms with Gasteiger partial charge in [0.1, 0.15) is 5.82 Å². The van der Waals surface area contributed by atoms with Crippen molar-refractivity contribution in [3.05, 3.63) is 57.0 Å². The van der Waals surface area contributed by atoms with Crippen molar-refractivity contribution in [2.45, 2.75) is 6.54 Å². The van der Waals surface area contributed by atoms with E-state index >= 15 is 0 Å². The molecular weight excluding hydrogens is 261 g/mol. The van der Waals surface area contributed by atoms with Gasteiger partial charge in [0.05, 0.1) is 9.21 Å². The standard InChI is InChI=1S/C12H9ClFNOS/c13-11-6-5-10(17-11)12(16)15-7-8-3-1-2-4-9(8)14/h1-6H,7H2,(H,15,16). The van der Waals surface area contributed by atoms with E-state index in [0.29, 0.717) is 14.8 Å². The van der Waals surface area contributed by atoms with Crippen LogP contribution >= 0.6 is 22.9 Å². The van der Waals surface area contributed by atoms with E-state index in [-0.39, 0.29) is 18.3 Å². The van der Waals surface area contributed by atoms with Gasteiger partial charge in [-0.25, -0.2) is 4.39 Å². The smallest absolute Gasteiger partial charge is 0.261 e. The molecule has 0 unspecified atom stereocenters. The molecule has 0 atom stereocenters. The highest BCUT2D eigenvalue weighted by Crippen LogP contribution is 2.21. The van der Waals surface area contributed by atoms with Gasteiger partial charge in [0.15, 0.2) is 0 Å². The lowest BCUT2D eigenvalue weighted by molar-refractivity contribution is 0.0954. The van der Waals surface area contributed by atoms with Crippen LogP contribution in [0.5, 0.6) is 0 Å². The molecule has 2 rings (SSSR count). The predicted octanol–water partition coefficient (Wildman–Crippen LogP) is 3.47. The molecule has 1 heterocycles. The van der Waals surface area contributed by atoms with E-state index in [9.17, 15) is 9.18 Å². The Balaban J connectivity index is 1.99. The summed E-state index contributed by atoms with van der Waals surface area (Å²) in [5.74, 6) is -0.567. The van der Waals surface area contributed by atoms with Gasteiger partial charge in [0, 0.05) is 12.1 Å². The van der Waals surface area contributed by atoms with Gasteiger partial charge in [-0.2, -0.15) is 0 Å². The molecule has 2 aromatic rings. The number of benzene rings is 1. The molecule has 1 aromatic heterocycles. The van der Waals surface area contributed by atoms with Crippen molar-refractivity contribution >= 4 is 28.8 Å². The second-order valence-electron chi connectivity index (χ2n) is 3.38. The SMILES string of the molecule is O=C(NCc1ccccc1F)c1ccc(Cl)s1. The van der Waals surface area contributed by atoms with Crippen molar-refractivity contribution in [3.8, 4) is 0 Å². The molecule has 0 aliphatic rings. The van der Waals surface area contributed by atoms with E-state index in [1.54, 1.807) is 30.3 Å². The predicted molar refractivity (Wildman–Crippen MR) is 66.9 cm³/mol. The number of hydrogen-bond donors (Lipinski definition) is 1. The first-order chi connectivity index (χ1) is 8.16. The molecule has 0 fully saturated rings. The third kappa shape index (κ3) is 3.05. The average Bonchev–Trinajstić information content (AvgIpc) is 2.74. The molecule has 88 valence electrons. The quantitative estimate of drug-likeness (QED) is 0.908. The zero-order valence-electron chi connectivity index (χ0n) is 8.74. The highest BCUT2D eigenvalue weighted by Gasteiger charge is 2.09. The second-order valence-corrected chi connectivity index (χ2v) is 5.09. The molecular formula is C12H9ClFNOS. The Hall–Kier alpha value is -1.39. The number of carbonyl (C=O) groups excluding carboxylic acids is 1. The van der Waals surface area contributed by atoms with Gasteiger partial charge in [0.25, 0.3) is 5.91 Å². The molecule has 5 heteroatoms. The number of thiophene rings is 1. The van der Waals surface area contributed by atoms with Crippen LogP contribution in [0, 0.1) is 5.82 Å². The zero-order chi connectivity index (χ0) is 12.3. The lowest BCUT2D eigenvalue weighted by Crippen LogP contribution is -2.22. The van der Waals surface area contributed by atoms with Crippen LogP contribution in [0.3, 0.4) is 0 Å². The molecule has 0 aliphatic heterocycles. The Bertz CT molecular complexity index is 541. The maximum atomic E-state index is 13.3. The largest absolute Gasteiger partial charge is 0.347 e.